The van der Waals surface area contributed by atoms with Gasteiger partial charge in [0, 0.05) is 30.5 Å². The normalized spacial score (nSPS) is 21.1. The van der Waals surface area contributed by atoms with Crippen LogP contribution in [0.4, 0.5) is 10.1 Å². The largest absolute Gasteiger partial charge is 0.345 e. The number of carbonyl (C=O) groups is 1. The van der Waals surface area contributed by atoms with Crippen LogP contribution in [0.2, 0.25) is 0 Å². The smallest absolute Gasteiger partial charge is 0.272 e. The molecule has 0 aliphatic carbocycles. The van der Waals surface area contributed by atoms with Gasteiger partial charge in [-0.3, -0.25) is 4.79 Å². The van der Waals surface area contributed by atoms with Gasteiger partial charge in [0.2, 0.25) is 0 Å². The molecule has 0 saturated heterocycles. The van der Waals surface area contributed by atoms with E-state index in [0.717, 1.165) is 6.07 Å². The van der Waals surface area contributed by atoms with Crippen molar-refractivity contribution in [1.29, 1.82) is 10.0 Å². The Morgan fingerprint density at radius 2 is 2.18 bits per heavy atom. The molecule has 0 radical (unpaired) electrons. The minimum Gasteiger partial charge on any atom is -0.345 e. The molecule has 1 unspecified atom stereocenters. The topological polar surface area (TPSA) is 111 Å². The molecule has 7 nitrogen and oxygen atoms in total. The van der Waals surface area contributed by atoms with E-state index in [2.05, 4.69) is 10.0 Å². The molecule has 0 saturated carbocycles. The van der Waals surface area contributed by atoms with Crippen LogP contribution in [0, 0.1) is 27.8 Å². The first kappa shape index (κ1) is 19.8. The van der Waals surface area contributed by atoms with Crippen LogP contribution in [0.25, 0.3) is 6.08 Å². The molecule has 3 N–H and O–H groups in total. The van der Waals surface area contributed by atoms with Crippen LogP contribution in [0.3, 0.4) is 0 Å². The Labute approximate surface area is 163 Å². The molecule has 2 aromatic rings. The van der Waals surface area contributed by atoms with E-state index >= 15 is 0 Å². The standard InChI is InChI=1S/C19H20FN5O2S/c1-11(2)16-7-5-14-17(28(22,27)24-16)10-25(3)18(14)19(26)23-13-4-6-15(20)12(8-13)9-21/h4-8,10-11,16H,1-3H3,(H,23,26)(H2,22,24,27)/t16-,28?/m0/s1. The third-order valence-electron chi connectivity index (χ3n) is 4.54. The molecule has 28 heavy (non-hydrogen) atoms. The molecule has 0 spiro atoms. The fraction of sp³-hybridized carbons (Fsp3) is 0.263. The van der Waals surface area contributed by atoms with Gasteiger partial charge in [-0.25, -0.2) is 18.1 Å². The van der Waals surface area contributed by atoms with Crippen LogP contribution in [0.15, 0.2) is 35.4 Å². The summed E-state index contributed by atoms with van der Waals surface area (Å²) >= 11 is 0. The first-order valence-electron chi connectivity index (χ1n) is 8.58. The van der Waals surface area contributed by atoms with Gasteiger partial charge < -0.3 is 9.88 Å². The molecule has 9 heteroatoms. The molecule has 1 aliphatic rings. The molecule has 0 bridgehead atoms. The zero-order valence-electron chi connectivity index (χ0n) is 15.6. The summed E-state index contributed by atoms with van der Waals surface area (Å²) in [5.74, 6) is -1.07. The Kier molecular flexibility index (Phi) is 5.10. The van der Waals surface area contributed by atoms with Gasteiger partial charge in [-0.2, -0.15) is 5.26 Å². The first-order valence-corrected chi connectivity index (χ1v) is 10.1. The molecular formula is C19H20FN5O2S. The number of nitrogens with zero attached hydrogens (tertiary/aromatic N) is 2. The number of anilines is 1. The number of aryl methyl sites for hydroxylation is 1. The van der Waals surface area contributed by atoms with Crippen molar-refractivity contribution < 1.29 is 13.4 Å². The molecule has 0 fully saturated rings. The highest BCUT2D eigenvalue weighted by Gasteiger charge is 2.29. The lowest BCUT2D eigenvalue weighted by molar-refractivity contribution is 0.101. The predicted octanol–water partition coefficient (Wildman–Crippen LogP) is 3.25. The zero-order chi connectivity index (χ0) is 20.6. The van der Waals surface area contributed by atoms with Gasteiger partial charge in [-0.1, -0.05) is 26.0 Å². The lowest BCUT2D eigenvalue weighted by atomic mass is 10.0. The van der Waals surface area contributed by atoms with Gasteiger partial charge in [0.05, 0.1) is 10.5 Å². The number of halogens is 1. The highest BCUT2D eigenvalue weighted by atomic mass is 32.2. The number of fused-ring (bicyclic) bond motifs is 1. The van der Waals surface area contributed by atoms with Gasteiger partial charge in [-0.15, -0.1) is 0 Å². The molecule has 1 amide bonds. The summed E-state index contributed by atoms with van der Waals surface area (Å²) in [5.41, 5.74) is 0.709. The fourth-order valence-electron chi connectivity index (χ4n) is 3.02. The number of rotatable bonds is 3. The maximum atomic E-state index is 13.5. The van der Waals surface area contributed by atoms with Crippen LogP contribution in [0.5, 0.6) is 0 Å². The zero-order valence-corrected chi connectivity index (χ0v) is 16.4. The number of amides is 1. The highest BCUT2D eigenvalue weighted by molar-refractivity contribution is 7.90. The summed E-state index contributed by atoms with van der Waals surface area (Å²) in [5, 5.41) is 11.6. The molecule has 1 aromatic heterocycles. The number of aromatic nitrogens is 1. The summed E-state index contributed by atoms with van der Waals surface area (Å²) in [6.45, 7) is 3.89. The van der Waals surface area contributed by atoms with E-state index in [9.17, 15) is 13.4 Å². The van der Waals surface area contributed by atoms with E-state index < -0.39 is 21.6 Å². The van der Waals surface area contributed by atoms with Crippen molar-refractivity contribution in [3.8, 4) is 6.07 Å². The third kappa shape index (κ3) is 3.56. The first-order chi connectivity index (χ1) is 13.1. The van der Waals surface area contributed by atoms with Crippen LogP contribution in [-0.2, 0) is 17.0 Å². The van der Waals surface area contributed by atoms with Crippen molar-refractivity contribution in [2.75, 3.05) is 5.32 Å². The van der Waals surface area contributed by atoms with E-state index in [1.807, 2.05) is 13.8 Å². The van der Waals surface area contributed by atoms with E-state index in [1.54, 1.807) is 25.3 Å². The van der Waals surface area contributed by atoms with E-state index in [1.165, 1.54) is 22.9 Å². The lowest BCUT2D eigenvalue weighted by Gasteiger charge is -2.18. The van der Waals surface area contributed by atoms with Crippen molar-refractivity contribution in [2.45, 2.75) is 24.8 Å². The monoisotopic (exact) mass is 401 g/mol. The molecular weight excluding hydrogens is 381 g/mol. The second-order valence-electron chi connectivity index (χ2n) is 6.93. The van der Waals surface area contributed by atoms with Crippen molar-refractivity contribution in [2.24, 2.45) is 13.0 Å². The highest BCUT2D eigenvalue weighted by Crippen LogP contribution is 2.28. The Morgan fingerprint density at radius 3 is 2.82 bits per heavy atom. The van der Waals surface area contributed by atoms with E-state index in [0.29, 0.717) is 5.56 Å². The summed E-state index contributed by atoms with van der Waals surface area (Å²) in [6, 6.07) is 5.16. The Hall–Kier alpha value is -2.96. The van der Waals surface area contributed by atoms with Gasteiger partial charge in [0.15, 0.2) is 0 Å². The summed E-state index contributed by atoms with van der Waals surface area (Å²) in [7, 11) is -1.68. The molecule has 2 atom stereocenters. The number of benzene rings is 1. The second kappa shape index (κ2) is 7.22. The van der Waals surface area contributed by atoms with Gasteiger partial charge in [0.25, 0.3) is 5.91 Å². The summed E-state index contributed by atoms with van der Waals surface area (Å²) in [6.07, 6.45) is 5.01. The van der Waals surface area contributed by atoms with Gasteiger partial charge >= 0.3 is 0 Å². The summed E-state index contributed by atoms with van der Waals surface area (Å²) < 4.78 is 39.0. The predicted molar refractivity (Wildman–Crippen MR) is 104 cm³/mol. The van der Waals surface area contributed by atoms with Crippen LogP contribution in [0.1, 0.15) is 35.5 Å². The molecule has 146 valence electrons. The molecule has 1 aromatic carbocycles. The SMILES string of the molecule is CC(C)[C@@H]1C=Cc2c(cn(C)c2C(=O)Nc2ccc(F)c(C#N)c2)S(=N)(=O)N1. The van der Waals surface area contributed by atoms with Crippen molar-refractivity contribution in [1.82, 2.24) is 9.29 Å². The Bertz CT molecular complexity index is 1130. The number of hydrogen-bond acceptors (Lipinski definition) is 4. The van der Waals surface area contributed by atoms with Crippen molar-refractivity contribution >= 4 is 27.6 Å². The van der Waals surface area contributed by atoms with Crippen LogP contribution < -0.4 is 10.0 Å². The minimum atomic E-state index is -3.30. The van der Waals surface area contributed by atoms with Crippen molar-refractivity contribution in [3.05, 3.63) is 53.1 Å². The fourth-order valence-corrected chi connectivity index (χ4v) is 4.66. The number of nitrogens with one attached hydrogen (secondary N) is 3. The van der Waals surface area contributed by atoms with Crippen LogP contribution >= 0.6 is 0 Å². The van der Waals surface area contributed by atoms with E-state index in [-0.39, 0.29) is 33.8 Å². The number of nitriles is 1. The lowest BCUT2D eigenvalue weighted by Crippen LogP contribution is -2.35. The maximum absolute atomic E-state index is 13.5. The average molecular weight is 401 g/mol. The Morgan fingerprint density at radius 1 is 1.46 bits per heavy atom. The maximum Gasteiger partial charge on any atom is 0.272 e. The number of hydrogen-bond donors (Lipinski definition) is 3. The Balaban J connectivity index is 2.03. The van der Waals surface area contributed by atoms with Gasteiger partial charge in [0.1, 0.15) is 27.5 Å². The average Bonchev–Trinajstić information content (AvgIpc) is 2.90. The number of carbonyl (C=O) groups excluding carboxylic acids is 1. The molecule has 3 rings (SSSR count). The third-order valence-corrected chi connectivity index (χ3v) is 6.09. The molecule has 2 heterocycles. The minimum absolute atomic E-state index is 0.112. The molecule has 1 aliphatic heterocycles. The van der Waals surface area contributed by atoms with E-state index in [4.69, 9.17) is 10.0 Å². The van der Waals surface area contributed by atoms with Crippen LogP contribution in [-0.4, -0.2) is 20.7 Å². The second-order valence-corrected chi connectivity index (χ2v) is 8.72. The quantitative estimate of drug-likeness (QED) is 0.734. The summed E-state index contributed by atoms with van der Waals surface area (Å²) in [4.78, 5) is 13.1. The van der Waals surface area contributed by atoms with Gasteiger partial charge in [-0.05, 0) is 24.1 Å². The van der Waals surface area contributed by atoms with Crippen molar-refractivity contribution in [3.63, 3.8) is 0 Å².